The van der Waals surface area contributed by atoms with E-state index in [-0.39, 0.29) is 12.1 Å². The Kier molecular flexibility index (Phi) is 4.57. The first-order valence-corrected chi connectivity index (χ1v) is 6.26. The number of esters is 1. The van der Waals surface area contributed by atoms with Gasteiger partial charge in [0, 0.05) is 4.47 Å². The minimum atomic E-state index is -0.988. The molecule has 0 aromatic heterocycles. The number of ether oxygens (including phenoxy) is 2. The summed E-state index contributed by atoms with van der Waals surface area (Å²) in [6.07, 6.45) is -0.143. The second kappa shape index (κ2) is 5.54. The zero-order valence-electron chi connectivity index (χ0n) is 10.5. The quantitative estimate of drug-likeness (QED) is 0.798. The molecular formula is C13H17BrO3. The Morgan fingerprint density at radius 1 is 1.24 bits per heavy atom. The van der Waals surface area contributed by atoms with Crippen LogP contribution in [-0.2, 0) is 9.53 Å². The van der Waals surface area contributed by atoms with Crippen LogP contribution in [0.1, 0.15) is 27.7 Å². The van der Waals surface area contributed by atoms with E-state index in [2.05, 4.69) is 15.9 Å². The van der Waals surface area contributed by atoms with Gasteiger partial charge < -0.3 is 9.47 Å². The highest BCUT2D eigenvalue weighted by Crippen LogP contribution is 2.22. The second-order valence-corrected chi connectivity index (χ2v) is 5.44. The van der Waals surface area contributed by atoms with Gasteiger partial charge in [0.25, 0.3) is 0 Å². The molecule has 0 fully saturated rings. The van der Waals surface area contributed by atoms with Gasteiger partial charge in [0.15, 0.2) is 5.60 Å². The number of rotatable bonds is 4. The zero-order valence-corrected chi connectivity index (χ0v) is 12.1. The number of carbonyl (C=O) groups is 1. The van der Waals surface area contributed by atoms with Gasteiger partial charge in [0.1, 0.15) is 5.75 Å². The molecule has 0 unspecified atom stereocenters. The third-order valence-electron chi connectivity index (χ3n) is 2.02. The first-order valence-electron chi connectivity index (χ1n) is 5.47. The van der Waals surface area contributed by atoms with Crippen molar-refractivity contribution in [2.24, 2.45) is 0 Å². The first-order chi connectivity index (χ1) is 7.81. The minimum Gasteiger partial charge on any atom is -0.476 e. The van der Waals surface area contributed by atoms with Crippen molar-refractivity contribution in [2.75, 3.05) is 0 Å². The normalized spacial score (nSPS) is 11.4. The van der Waals surface area contributed by atoms with Gasteiger partial charge in [-0.15, -0.1) is 0 Å². The third kappa shape index (κ3) is 4.38. The van der Waals surface area contributed by atoms with Crippen LogP contribution in [0.3, 0.4) is 0 Å². The van der Waals surface area contributed by atoms with Crippen LogP contribution in [0.4, 0.5) is 0 Å². The SMILES string of the molecule is CC(C)OC(=O)C(C)(C)Oc1ccc(Br)cc1. The van der Waals surface area contributed by atoms with Gasteiger partial charge in [-0.3, -0.25) is 0 Å². The maximum atomic E-state index is 11.8. The average Bonchev–Trinajstić information content (AvgIpc) is 2.20. The number of benzene rings is 1. The lowest BCUT2D eigenvalue weighted by molar-refractivity contribution is -0.163. The van der Waals surface area contributed by atoms with Crippen molar-refractivity contribution in [2.45, 2.75) is 39.4 Å². The van der Waals surface area contributed by atoms with E-state index in [9.17, 15) is 4.79 Å². The van der Waals surface area contributed by atoms with Gasteiger partial charge >= 0.3 is 5.97 Å². The molecular weight excluding hydrogens is 284 g/mol. The van der Waals surface area contributed by atoms with Gasteiger partial charge in [0.05, 0.1) is 6.10 Å². The van der Waals surface area contributed by atoms with Gasteiger partial charge in [-0.05, 0) is 52.0 Å². The molecule has 1 rings (SSSR count). The fraction of sp³-hybridized carbons (Fsp3) is 0.462. The largest absolute Gasteiger partial charge is 0.476 e. The third-order valence-corrected chi connectivity index (χ3v) is 2.55. The first kappa shape index (κ1) is 14.0. The summed E-state index contributed by atoms with van der Waals surface area (Å²) >= 11 is 3.34. The Bertz CT molecular complexity index is 382. The molecule has 0 amide bonds. The maximum absolute atomic E-state index is 11.8. The van der Waals surface area contributed by atoms with Crippen molar-refractivity contribution in [1.29, 1.82) is 0 Å². The molecule has 0 saturated heterocycles. The van der Waals surface area contributed by atoms with E-state index in [4.69, 9.17) is 9.47 Å². The second-order valence-electron chi connectivity index (χ2n) is 4.52. The molecule has 94 valence electrons. The lowest BCUT2D eigenvalue weighted by Gasteiger charge is -2.25. The molecule has 0 atom stereocenters. The number of hydrogen-bond acceptors (Lipinski definition) is 3. The van der Waals surface area contributed by atoms with Gasteiger partial charge in [-0.2, -0.15) is 0 Å². The van der Waals surface area contributed by atoms with Gasteiger partial charge in [-0.1, -0.05) is 15.9 Å². The lowest BCUT2D eigenvalue weighted by Crippen LogP contribution is -2.40. The van der Waals surface area contributed by atoms with E-state index >= 15 is 0 Å². The fourth-order valence-corrected chi connectivity index (χ4v) is 1.46. The van der Waals surface area contributed by atoms with Crippen LogP contribution in [0.2, 0.25) is 0 Å². The Balaban J connectivity index is 2.71. The Labute approximate surface area is 110 Å². The molecule has 3 nitrogen and oxygen atoms in total. The predicted octanol–water partition coefficient (Wildman–Crippen LogP) is 3.56. The monoisotopic (exact) mass is 300 g/mol. The highest BCUT2D eigenvalue weighted by molar-refractivity contribution is 9.10. The predicted molar refractivity (Wildman–Crippen MR) is 70.1 cm³/mol. The highest BCUT2D eigenvalue weighted by Gasteiger charge is 2.32. The van der Waals surface area contributed by atoms with Crippen LogP contribution < -0.4 is 4.74 Å². The van der Waals surface area contributed by atoms with Gasteiger partial charge in [-0.25, -0.2) is 4.79 Å². The van der Waals surface area contributed by atoms with E-state index in [0.29, 0.717) is 5.75 Å². The summed E-state index contributed by atoms with van der Waals surface area (Å²) in [6, 6.07) is 7.32. The van der Waals surface area contributed by atoms with Crippen LogP contribution in [0.25, 0.3) is 0 Å². The van der Waals surface area contributed by atoms with Crippen LogP contribution in [0.15, 0.2) is 28.7 Å². The molecule has 0 N–H and O–H groups in total. The van der Waals surface area contributed by atoms with Crippen LogP contribution >= 0.6 is 15.9 Å². The molecule has 4 heteroatoms. The molecule has 0 bridgehead atoms. The van der Waals surface area contributed by atoms with E-state index < -0.39 is 5.60 Å². The van der Waals surface area contributed by atoms with Crippen molar-refractivity contribution in [3.8, 4) is 5.75 Å². The van der Waals surface area contributed by atoms with Crippen molar-refractivity contribution in [3.05, 3.63) is 28.7 Å². The van der Waals surface area contributed by atoms with E-state index in [1.165, 1.54) is 0 Å². The summed E-state index contributed by atoms with van der Waals surface area (Å²) in [7, 11) is 0. The average molecular weight is 301 g/mol. The summed E-state index contributed by atoms with van der Waals surface area (Å²) in [5.41, 5.74) is -0.988. The summed E-state index contributed by atoms with van der Waals surface area (Å²) in [4.78, 5) is 11.8. The van der Waals surface area contributed by atoms with Gasteiger partial charge in [0.2, 0.25) is 0 Å². The Morgan fingerprint density at radius 3 is 2.24 bits per heavy atom. The van der Waals surface area contributed by atoms with E-state index in [1.807, 2.05) is 26.0 Å². The molecule has 1 aromatic carbocycles. The highest BCUT2D eigenvalue weighted by atomic mass is 79.9. The van der Waals surface area contributed by atoms with Crippen molar-refractivity contribution < 1.29 is 14.3 Å². The number of hydrogen-bond donors (Lipinski definition) is 0. The van der Waals surface area contributed by atoms with Crippen molar-refractivity contribution >= 4 is 21.9 Å². The lowest BCUT2D eigenvalue weighted by atomic mass is 10.1. The molecule has 0 spiro atoms. The van der Waals surface area contributed by atoms with Crippen molar-refractivity contribution in [3.63, 3.8) is 0 Å². The van der Waals surface area contributed by atoms with Crippen LogP contribution in [-0.4, -0.2) is 17.7 Å². The minimum absolute atomic E-state index is 0.143. The maximum Gasteiger partial charge on any atom is 0.350 e. The summed E-state index contributed by atoms with van der Waals surface area (Å²) in [5, 5.41) is 0. The molecule has 0 saturated carbocycles. The van der Waals surface area contributed by atoms with Crippen LogP contribution in [0, 0.1) is 0 Å². The number of carbonyl (C=O) groups excluding carboxylic acids is 1. The topological polar surface area (TPSA) is 35.5 Å². The molecule has 0 aliphatic heterocycles. The summed E-state index contributed by atoms with van der Waals surface area (Å²) in [6.45, 7) is 7.01. The molecule has 0 radical (unpaired) electrons. The zero-order chi connectivity index (χ0) is 13.1. The molecule has 0 aliphatic carbocycles. The molecule has 1 aromatic rings. The molecule has 0 aliphatic rings. The molecule has 17 heavy (non-hydrogen) atoms. The Hall–Kier alpha value is -1.03. The van der Waals surface area contributed by atoms with Crippen molar-refractivity contribution in [1.82, 2.24) is 0 Å². The number of halogens is 1. The molecule has 0 heterocycles. The smallest absolute Gasteiger partial charge is 0.350 e. The van der Waals surface area contributed by atoms with Crippen LogP contribution in [0.5, 0.6) is 5.75 Å². The summed E-state index contributed by atoms with van der Waals surface area (Å²) < 4.78 is 11.7. The standard InChI is InChI=1S/C13H17BrO3/c1-9(2)16-12(15)13(3,4)17-11-7-5-10(14)6-8-11/h5-9H,1-4H3. The fourth-order valence-electron chi connectivity index (χ4n) is 1.19. The summed E-state index contributed by atoms with van der Waals surface area (Å²) in [5.74, 6) is 0.273. The Morgan fingerprint density at radius 2 is 1.76 bits per heavy atom. The van der Waals surface area contributed by atoms with E-state index in [1.54, 1.807) is 26.0 Å². The van der Waals surface area contributed by atoms with E-state index in [0.717, 1.165) is 4.47 Å².